The highest BCUT2D eigenvalue weighted by Crippen LogP contribution is 2.25. The number of anilines is 1. The summed E-state index contributed by atoms with van der Waals surface area (Å²) in [4.78, 5) is 6.27. The fourth-order valence-corrected chi connectivity index (χ4v) is 2.05. The summed E-state index contributed by atoms with van der Waals surface area (Å²) in [6, 6.07) is 1.79. The molecule has 7 heteroatoms. The van der Waals surface area contributed by atoms with E-state index in [0.717, 1.165) is 43.0 Å². The van der Waals surface area contributed by atoms with Crippen LogP contribution in [0.15, 0.2) is 12.3 Å². The molecule has 0 aliphatic carbocycles. The van der Waals surface area contributed by atoms with Gasteiger partial charge in [0.1, 0.15) is 5.15 Å². The number of fused-ring (bicyclic) bond motifs is 1. The van der Waals surface area contributed by atoms with Crippen molar-refractivity contribution in [3.8, 4) is 0 Å². The Morgan fingerprint density at radius 2 is 2.12 bits per heavy atom. The summed E-state index contributed by atoms with van der Waals surface area (Å²) in [7, 11) is 0. The molecule has 1 N–H and O–H groups in total. The van der Waals surface area contributed by atoms with Crippen LogP contribution in [0.1, 0.15) is 0 Å². The van der Waals surface area contributed by atoms with E-state index in [9.17, 15) is 0 Å². The van der Waals surface area contributed by atoms with Crippen molar-refractivity contribution < 1.29 is 4.74 Å². The van der Waals surface area contributed by atoms with Gasteiger partial charge in [0.25, 0.3) is 0 Å². The minimum atomic E-state index is 0. The fraction of sp³-hybridized carbons (Fsp3) is 0.400. The van der Waals surface area contributed by atoms with Crippen molar-refractivity contribution in [3.63, 3.8) is 0 Å². The molecule has 0 bridgehead atoms. The number of halogens is 2. The van der Waals surface area contributed by atoms with E-state index in [1.807, 2.05) is 0 Å². The highest BCUT2D eigenvalue weighted by Gasteiger charge is 2.16. The number of H-pyrrole nitrogens is 1. The van der Waals surface area contributed by atoms with E-state index >= 15 is 0 Å². The third-order valence-electron chi connectivity index (χ3n) is 2.70. The van der Waals surface area contributed by atoms with Crippen LogP contribution < -0.4 is 4.90 Å². The standard InChI is InChI=1S/C10H11ClN4O.ClH/c11-9-5-8-7(6-12-9)10(14-13-8)15-1-3-16-4-2-15;/h5-6H,1-4H2,(H,13,14);1H. The number of hydrogen-bond donors (Lipinski definition) is 1. The molecule has 3 heterocycles. The number of ether oxygens (including phenoxy) is 1. The molecule has 2 aromatic heterocycles. The average Bonchev–Trinajstić information content (AvgIpc) is 2.73. The second-order valence-corrected chi connectivity index (χ2v) is 4.09. The zero-order valence-corrected chi connectivity index (χ0v) is 10.6. The van der Waals surface area contributed by atoms with Crippen LogP contribution in [-0.4, -0.2) is 41.5 Å². The van der Waals surface area contributed by atoms with Crippen molar-refractivity contribution in [2.45, 2.75) is 0 Å². The number of morpholine rings is 1. The van der Waals surface area contributed by atoms with Crippen molar-refractivity contribution >= 4 is 40.7 Å². The van der Waals surface area contributed by atoms with Gasteiger partial charge in [0.2, 0.25) is 0 Å². The molecule has 0 unspecified atom stereocenters. The lowest BCUT2D eigenvalue weighted by Crippen LogP contribution is -2.36. The topological polar surface area (TPSA) is 54.0 Å². The summed E-state index contributed by atoms with van der Waals surface area (Å²) in [6.07, 6.45) is 1.76. The number of aromatic nitrogens is 3. The van der Waals surface area contributed by atoms with Gasteiger partial charge in [-0.15, -0.1) is 12.4 Å². The number of nitrogens with one attached hydrogen (secondary N) is 1. The van der Waals surface area contributed by atoms with Crippen LogP contribution in [0.3, 0.4) is 0 Å². The van der Waals surface area contributed by atoms with Gasteiger partial charge in [-0.25, -0.2) is 4.98 Å². The summed E-state index contributed by atoms with van der Waals surface area (Å²) in [5.74, 6) is 0.933. The van der Waals surface area contributed by atoms with E-state index in [1.54, 1.807) is 12.3 Å². The van der Waals surface area contributed by atoms with Gasteiger partial charge in [0.05, 0.1) is 24.1 Å². The maximum Gasteiger partial charge on any atom is 0.160 e. The maximum absolute atomic E-state index is 5.82. The van der Waals surface area contributed by atoms with Gasteiger partial charge in [-0.1, -0.05) is 11.6 Å². The summed E-state index contributed by atoms with van der Waals surface area (Å²) in [5.41, 5.74) is 0.918. The van der Waals surface area contributed by atoms with E-state index in [-0.39, 0.29) is 12.4 Å². The van der Waals surface area contributed by atoms with Crippen molar-refractivity contribution in [1.29, 1.82) is 0 Å². The number of hydrogen-bond acceptors (Lipinski definition) is 4. The van der Waals surface area contributed by atoms with E-state index < -0.39 is 0 Å². The monoisotopic (exact) mass is 274 g/mol. The summed E-state index contributed by atoms with van der Waals surface area (Å²) in [5, 5.41) is 8.76. The first-order valence-electron chi connectivity index (χ1n) is 5.17. The van der Waals surface area contributed by atoms with E-state index in [0.29, 0.717) is 5.15 Å². The first-order valence-corrected chi connectivity index (χ1v) is 5.55. The number of aromatic amines is 1. The quantitative estimate of drug-likeness (QED) is 0.807. The van der Waals surface area contributed by atoms with Gasteiger partial charge < -0.3 is 9.64 Å². The smallest absolute Gasteiger partial charge is 0.160 e. The lowest BCUT2D eigenvalue weighted by molar-refractivity contribution is 0.122. The second-order valence-electron chi connectivity index (χ2n) is 3.70. The maximum atomic E-state index is 5.82. The zero-order chi connectivity index (χ0) is 11.0. The molecule has 5 nitrogen and oxygen atoms in total. The Hall–Kier alpha value is -1.04. The molecule has 1 aliphatic heterocycles. The molecule has 0 aromatic carbocycles. The highest BCUT2D eigenvalue weighted by atomic mass is 35.5. The second kappa shape index (κ2) is 5.08. The molecule has 0 radical (unpaired) electrons. The Kier molecular flexibility index (Phi) is 3.71. The minimum Gasteiger partial charge on any atom is -0.378 e. The SMILES string of the molecule is Cl.Clc1cc2[nH]nc(N3CCOCC3)c2cn1. The number of rotatable bonds is 1. The molecule has 1 fully saturated rings. The van der Waals surface area contributed by atoms with Crippen molar-refractivity contribution in [1.82, 2.24) is 15.2 Å². The molecule has 2 aromatic rings. The Labute approximate surface area is 110 Å². The molecular weight excluding hydrogens is 263 g/mol. The Bertz CT molecular complexity index is 510. The van der Waals surface area contributed by atoms with Gasteiger partial charge in [-0.2, -0.15) is 5.10 Å². The van der Waals surface area contributed by atoms with Gasteiger partial charge in [-0.05, 0) is 0 Å². The third kappa shape index (κ3) is 2.31. The molecule has 0 amide bonds. The summed E-state index contributed by atoms with van der Waals surface area (Å²) < 4.78 is 5.31. The van der Waals surface area contributed by atoms with Gasteiger partial charge in [-0.3, -0.25) is 5.10 Å². The fourth-order valence-electron chi connectivity index (χ4n) is 1.89. The average molecular weight is 275 g/mol. The van der Waals surface area contributed by atoms with E-state index in [2.05, 4.69) is 20.1 Å². The predicted molar refractivity (Wildman–Crippen MR) is 69.2 cm³/mol. The van der Waals surface area contributed by atoms with Crippen molar-refractivity contribution in [3.05, 3.63) is 17.4 Å². The Morgan fingerprint density at radius 3 is 2.88 bits per heavy atom. The third-order valence-corrected chi connectivity index (χ3v) is 2.91. The molecular formula is C10H12Cl2N4O. The summed E-state index contributed by atoms with van der Waals surface area (Å²) in [6.45, 7) is 3.22. The minimum absolute atomic E-state index is 0. The van der Waals surface area contributed by atoms with E-state index in [4.69, 9.17) is 16.3 Å². The van der Waals surface area contributed by atoms with Crippen molar-refractivity contribution in [2.75, 3.05) is 31.2 Å². The molecule has 3 rings (SSSR count). The molecule has 1 saturated heterocycles. The van der Waals surface area contributed by atoms with Gasteiger partial charge in [0.15, 0.2) is 5.82 Å². The van der Waals surface area contributed by atoms with Crippen LogP contribution in [0, 0.1) is 0 Å². The van der Waals surface area contributed by atoms with Crippen LogP contribution in [0.25, 0.3) is 10.9 Å². The first kappa shape index (κ1) is 12.4. The van der Waals surface area contributed by atoms with Crippen molar-refractivity contribution in [2.24, 2.45) is 0 Å². The largest absolute Gasteiger partial charge is 0.378 e. The highest BCUT2D eigenvalue weighted by molar-refractivity contribution is 6.30. The molecule has 0 saturated carbocycles. The lowest BCUT2D eigenvalue weighted by Gasteiger charge is -2.26. The Balaban J connectivity index is 0.00000108. The Morgan fingerprint density at radius 1 is 1.35 bits per heavy atom. The van der Waals surface area contributed by atoms with Crippen LogP contribution in [0.4, 0.5) is 5.82 Å². The normalized spacial score (nSPS) is 15.9. The zero-order valence-electron chi connectivity index (χ0n) is 9.02. The van der Waals surface area contributed by atoms with Crippen LogP contribution >= 0.6 is 24.0 Å². The molecule has 1 aliphatic rings. The summed E-state index contributed by atoms with van der Waals surface area (Å²) >= 11 is 5.82. The number of nitrogens with zero attached hydrogens (tertiary/aromatic N) is 3. The lowest BCUT2D eigenvalue weighted by atomic mass is 10.3. The molecule has 0 spiro atoms. The molecule has 92 valence electrons. The van der Waals surface area contributed by atoms with Crippen LogP contribution in [-0.2, 0) is 4.74 Å². The van der Waals surface area contributed by atoms with Gasteiger partial charge >= 0.3 is 0 Å². The molecule has 17 heavy (non-hydrogen) atoms. The van der Waals surface area contributed by atoms with Crippen LogP contribution in [0.5, 0.6) is 0 Å². The predicted octanol–water partition coefficient (Wildman–Crippen LogP) is 1.87. The molecule has 0 atom stereocenters. The van der Waals surface area contributed by atoms with E-state index in [1.165, 1.54) is 0 Å². The van der Waals surface area contributed by atoms with Crippen LogP contribution in [0.2, 0.25) is 5.15 Å². The number of pyridine rings is 1. The van der Waals surface area contributed by atoms with Gasteiger partial charge in [0, 0.05) is 25.4 Å². The first-order chi connectivity index (χ1) is 7.84.